The van der Waals surface area contributed by atoms with Crippen LogP contribution in [0.2, 0.25) is 0 Å². The lowest BCUT2D eigenvalue weighted by molar-refractivity contribution is -0.145. The van der Waals surface area contributed by atoms with Gasteiger partial charge in [-0.05, 0) is 31.5 Å². The van der Waals surface area contributed by atoms with Crippen molar-refractivity contribution < 1.29 is 9.53 Å². The van der Waals surface area contributed by atoms with Crippen LogP contribution < -0.4 is 0 Å². The van der Waals surface area contributed by atoms with Gasteiger partial charge in [-0.15, -0.1) is 0 Å². The maximum atomic E-state index is 11.2. The first kappa shape index (κ1) is 14.8. The maximum absolute atomic E-state index is 11.2. The topological polar surface area (TPSA) is 29.5 Å². The van der Waals surface area contributed by atoms with Crippen LogP contribution in [0.5, 0.6) is 0 Å². The zero-order chi connectivity index (χ0) is 11.7. The summed E-state index contributed by atoms with van der Waals surface area (Å²) in [6.45, 7) is 5.91. The van der Waals surface area contributed by atoms with Crippen LogP contribution in [-0.2, 0) is 9.53 Å². The van der Waals surface area contributed by atoms with Crippen LogP contribution in [0.1, 0.15) is 20.3 Å². The Labute approximate surface area is 97.5 Å². The molecule has 0 N–H and O–H groups in total. The van der Waals surface area contributed by atoms with E-state index < -0.39 is 0 Å². The van der Waals surface area contributed by atoms with E-state index in [9.17, 15) is 4.79 Å². The van der Waals surface area contributed by atoms with Crippen molar-refractivity contribution in [2.45, 2.75) is 20.3 Å². The monoisotopic (exact) mass is 233 g/mol. The van der Waals surface area contributed by atoms with E-state index in [1.165, 1.54) is 25.0 Å². The molecule has 0 aromatic carbocycles. The number of carbonyl (C=O) groups excluding carboxylic acids is 1. The highest BCUT2D eigenvalue weighted by atomic mass is 32.2. The molecular formula is C11H23NO2S. The molecular weight excluding hydrogens is 210 g/mol. The van der Waals surface area contributed by atoms with Crippen molar-refractivity contribution in [2.24, 2.45) is 5.92 Å². The number of ether oxygens (including phenoxy) is 1. The van der Waals surface area contributed by atoms with E-state index >= 15 is 0 Å². The Morgan fingerprint density at radius 3 is 2.73 bits per heavy atom. The number of hydrogen-bond acceptors (Lipinski definition) is 4. The third kappa shape index (κ3) is 7.68. The van der Waals surface area contributed by atoms with Crippen molar-refractivity contribution in [3.63, 3.8) is 0 Å². The highest BCUT2D eigenvalue weighted by molar-refractivity contribution is 7.99. The smallest absolute Gasteiger partial charge is 0.309 e. The van der Waals surface area contributed by atoms with Gasteiger partial charge < -0.3 is 9.64 Å². The molecule has 0 aliphatic rings. The molecule has 0 bridgehead atoms. The summed E-state index contributed by atoms with van der Waals surface area (Å²) in [6.07, 6.45) is 1.18. The number of hydrogen-bond donors (Lipinski definition) is 0. The van der Waals surface area contributed by atoms with Gasteiger partial charge in [0.2, 0.25) is 0 Å². The predicted octanol–water partition coefficient (Wildman–Crippen LogP) is 1.87. The molecule has 3 nitrogen and oxygen atoms in total. The molecule has 90 valence electrons. The summed E-state index contributed by atoms with van der Waals surface area (Å²) in [5, 5.41) is 0. The van der Waals surface area contributed by atoms with Crippen molar-refractivity contribution >= 4 is 17.7 Å². The third-order valence-electron chi connectivity index (χ3n) is 2.22. The molecule has 0 amide bonds. The Morgan fingerprint density at radius 1 is 1.53 bits per heavy atom. The van der Waals surface area contributed by atoms with Crippen molar-refractivity contribution in [1.82, 2.24) is 4.90 Å². The Morgan fingerprint density at radius 2 is 2.20 bits per heavy atom. The number of methoxy groups -OCH3 is 1. The van der Waals surface area contributed by atoms with Gasteiger partial charge in [0.15, 0.2) is 0 Å². The second-order valence-electron chi connectivity index (χ2n) is 3.74. The second-order valence-corrected chi connectivity index (χ2v) is 5.13. The molecule has 0 rings (SSSR count). The average Bonchev–Trinajstić information content (AvgIpc) is 2.23. The van der Waals surface area contributed by atoms with Crippen LogP contribution in [-0.4, -0.2) is 49.6 Å². The SMILES string of the molecule is CCSCCCN(C)CC(C)C(=O)OC. The van der Waals surface area contributed by atoms with Gasteiger partial charge >= 0.3 is 5.97 Å². The zero-order valence-electron chi connectivity index (χ0n) is 10.3. The molecule has 4 heteroatoms. The zero-order valence-corrected chi connectivity index (χ0v) is 11.1. The molecule has 0 radical (unpaired) electrons. The maximum Gasteiger partial charge on any atom is 0.309 e. The first-order valence-electron chi connectivity index (χ1n) is 5.45. The van der Waals surface area contributed by atoms with Crippen LogP contribution in [0.3, 0.4) is 0 Å². The summed E-state index contributed by atoms with van der Waals surface area (Å²) in [6, 6.07) is 0. The molecule has 0 fully saturated rings. The highest BCUT2D eigenvalue weighted by Crippen LogP contribution is 2.04. The number of nitrogens with zero attached hydrogens (tertiary/aromatic N) is 1. The first-order valence-corrected chi connectivity index (χ1v) is 6.61. The fraction of sp³-hybridized carbons (Fsp3) is 0.909. The summed E-state index contributed by atoms with van der Waals surface area (Å²) >= 11 is 1.96. The van der Waals surface area contributed by atoms with E-state index in [-0.39, 0.29) is 11.9 Å². The van der Waals surface area contributed by atoms with Crippen molar-refractivity contribution in [2.75, 3.05) is 38.8 Å². The number of thioether (sulfide) groups is 1. The highest BCUT2D eigenvalue weighted by Gasteiger charge is 2.14. The summed E-state index contributed by atoms with van der Waals surface area (Å²) < 4.78 is 4.69. The minimum absolute atomic E-state index is 0.0289. The summed E-state index contributed by atoms with van der Waals surface area (Å²) in [5.74, 6) is 2.24. The van der Waals surface area contributed by atoms with Crippen LogP contribution >= 0.6 is 11.8 Å². The van der Waals surface area contributed by atoms with Gasteiger partial charge in [0.25, 0.3) is 0 Å². The number of carbonyl (C=O) groups is 1. The average molecular weight is 233 g/mol. The van der Waals surface area contributed by atoms with Crippen LogP contribution in [0.25, 0.3) is 0 Å². The van der Waals surface area contributed by atoms with E-state index in [4.69, 9.17) is 0 Å². The van der Waals surface area contributed by atoms with E-state index in [1.54, 1.807) is 0 Å². The quantitative estimate of drug-likeness (QED) is 0.473. The Kier molecular flexibility index (Phi) is 8.91. The summed E-state index contributed by atoms with van der Waals surface area (Å²) in [7, 11) is 3.49. The van der Waals surface area contributed by atoms with E-state index in [1.807, 2.05) is 18.7 Å². The summed E-state index contributed by atoms with van der Waals surface area (Å²) in [5.41, 5.74) is 0. The Bertz CT molecular complexity index is 176. The van der Waals surface area contributed by atoms with Gasteiger partial charge in [-0.3, -0.25) is 4.79 Å². The molecule has 0 aliphatic carbocycles. The van der Waals surface area contributed by atoms with Crippen LogP contribution in [0.4, 0.5) is 0 Å². The Balaban J connectivity index is 3.55. The molecule has 1 atom stereocenters. The van der Waals surface area contributed by atoms with Crippen molar-refractivity contribution in [1.29, 1.82) is 0 Å². The molecule has 1 unspecified atom stereocenters. The Hall–Kier alpha value is -0.220. The fourth-order valence-corrected chi connectivity index (χ4v) is 2.04. The molecule has 0 aromatic heterocycles. The fourth-order valence-electron chi connectivity index (χ4n) is 1.42. The number of rotatable bonds is 8. The third-order valence-corrected chi connectivity index (χ3v) is 3.21. The lowest BCUT2D eigenvalue weighted by Crippen LogP contribution is -2.30. The largest absolute Gasteiger partial charge is 0.469 e. The van der Waals surface area contributed by atoms with E-state index in [2.05, 4.69) is 23.6 Å². The van der Waals surface area contributed by atoms with Gasteiger partial charge in [0.1, 0.15) is 0 Å². The lowest BCUT2D eigenvalue weighted by atomic mass is 10.2. The van der Waals surface area contributed by atoms with Gasteiger partial charge in [-0.1, -0.05) is 13.8 Å². The molecule has 0 saturated carbocycles. The standard InChI is InChI=1S/C11H23NO2S/c1-5-15-8-6-7-12(3)9-10(2)11(13)14-4/h10H,5-9H2,1-4H3. The van der Waals surface area contributed by atoms with Gasteiger partial charge in [0.05, 0.1) is 13.0 Å². The van der Waals surface area contributed by atoms with E-state index in [0.717, 1.165) is 13.1 Å². The van der Waals surface area contributed by atoms with Gasteiger partial charge in [0, 0.05) is 6.54 Å². The second kappa shape index (κ2) is 9.04. The normalized spacial score (nSPS) is 12.9. The summed E-state index contributed by atoms with van der Waals surface area (Å²) in [4.78, 5) is 13.4. The molecule has 0 aliphatic heterocycles. The van der Waals surface area contributed by atoms with Gasteiger partial charge in [-0.2, -0.15) is 11.8 Å². The van der Waals surface area contributed by atoms with Gasteiger partial charge in [-0.25, -0.2) is 0 Å². The molecule has 0 saturated heterocycles. The van der Waals surface area contributed by atoms with Crippen LogP contribution in [0.15, 0.2) is 0 Å². The van der Waals surface area contributed by atoms with Crippen molar-refractivity contribution in [3.8, 4) is 0 Å². The first-order chi connectivity index (χ1) is 7.11. The molecule has 0 spiro atoms. The number of esters is 1. The minimum Gasteiger partial charge on any atom is -0.469 e. The predicted molar refractivity (Wildman–Crippen MR) is 66.3 cm³/mol. The van der Waals surface area contributed by atoms with Crippen LogP contribution in [0, 0.1) is 5.92 Å². The van der Waals surface area contributed by atoms with Crippen molar-refractivity contribution in [3.05, 3.63) is 0 Å². The molecule has 15 heavy (non-hydrogen) atoms. The lowest BCUT2D eigenvalue weighted by Gasteiger charge is -2.19. The van der Waals surface area contributed by atoms with E-state index in [0.29, 0.717) is 0 Å². The molecule has 0 aromatic rings. The minimum atomic E-state index is -0.121. The molecule has 0 heterocycles.